The van der Waals surface area contributed by atoms with Crippen LogP contribution < -0.4 is 14.8 Å². The third-order valence-electron chi connectivity index (χ3n) is 5.49. The molecule has 1 saturated carbocycles. The Hall–Kier alpha value is -2.10. The maximum Gasteiger partial charge on any atom is 0.227 e. The molecule has 1 aliphatic rings. The number of sulfonamides is 1. The Morgan fingerprint density at radius 1 is 1.06 bits per heavy atom. The molecule has 9 heteroatoms. The molecule has 1 amide bonds. The molecule has 1 aromatic carbocycles. The van der Waals surface area contributed by atoms with Crippen molar-refractivity contribution in [2.24, 2.45) is 5.92 Å². The fourth-order valence-electron chi connectivity index (χ4n) is 3.41. The Morgan fingerprint density at radius 2 is 1.72 bits per heavy atom. The third kappa shape index (κ3) is 6.24. The Balaban J connectivity index is 1.64. The first-order chi connectivity index (χ1) is 15.1. The second-order valence-corrected chi connectivity index (χ2v) is 12.4. The molecule has 0 saturated heterocycles. The van der Waals surface area contributed by atoms with E-state index in [1.54, 1.807) is 40.0 Å². The van der Waals surface area contributed by atoms with Crippen molar-refractivity contribution in [1.82, 2.24) is 9.71 Å². The number of anilines is 1. The number of carbonyl (C=O) groups excluding carboxylic acids is 1. The highest BCUT2D eigenvalue weighted by atomic mass is 32.2. The van der Waals surface area contributed by atoms with Gasteiger partial charge in [0.1, 0.15) is 5.03 Å². The molecule has 0 radical (unpaired) electrons. The highest BCUT2D eigenvalue weighted by Gasteiger charge is 2.34. The van der Waals surface area contributed by atoms with Crippen molar-refractivity contribution in [3.63, 3.8) is 0 Å². The van der Waals surface area contributed by atoms with Crippen LogP contribution in [0.3, 0.4) is 0 Å². The molecule has 1 fully saturated rings. The van der Waals surface area contributed by atoms with Crippen LogP contribution in [0.2, 0.25) is 0 Å². The van der Waals surface area contributed by atoms with E-state index in [-0.39, 0.29) is 17.9 Å². The molecule has 0 atom stereocenters. The molecule has 174 valence electrons. The summed E-state index contributed by atoms with van der Waals surface area (Å²) in [5.74, 6) is 0.249. The van der Waals surface area contributed by atoms with Crippen LogP contribution in [0.15, 0.2) is 52.4 Å². The lowest BCUT2D eigenvalue weighted by Crippen LogP contribution is -2.46. The monoisotopic (exact) mass is 477 g/mol. The predicted octanol–water partition coefficient (Wildman–Crippen LogP) is 4.46. The second-order valence-electron chi connectivity index (χ2n) is 8.89. The predicted molar refractivity (Wildman–Crippen MR) is 128 cm³/mol. The maximum absolute atomic E-state index is 13.0. The first kappa shape index (κ1) is 24.5. The van der Waals surface area contributed by atoms with Crippen molar-refractivity contribution in [2.75, 3.05) is 12.4 Å². The summed E-state index contributed by atoms with van der Waals surface area (Å²) in [6.45, 7) is 5.05. The van der Waals surface area contributed by atoms with Crippen LogP contribution >= 0.6 is 11.8 Å². The number of carbonyl (C=O) groups is 1. The van der Waals surface area contributed by atoms with Gasteiger partial charge >= 0.3 is 0 Å². The number of pyridine rings is 1. The van der Waals surface area contributed by atoms with E-state index in [4.69, 9.17) is 4.74 Å². The highest BCUT2D eigenvalue weighted by Crippen LogP contribution is 2.34. The van der Waals surface area contributed by atoms with Gasteiger partial charge in [0, 0.05) is 22.9 Å². The van der Waals surface area contributed by atoms with Gasteiger partial charge < -0.3 is 10.1 Å². The summed E-state index contributed by atoms with van der Waals surface area (Å²) in [6, 6.07) is 13.2. The number of nitrogens with one attached hydrogen (secondary N) is 2. The highest BCUT2D eigenvalue weighted by molar-refractivity contribution is 7.99. The molecule has 1 aliphatic carbocycles. The van der Waals surface area contributed by atoms with E-state index in [9.17, 15) is 13.2 Å². The van der Waals surface area contributed by atoms with Gasteiger partial charge in [0.05, 0.1) is 17.5 Å². The van der Waals surface area contributed by atoms with Crippen LogP contribution in [-0.2, 0) is 14.8 Å². The number of benzene rings is 1. The zero-order valence-corrected chi connectivity index (χ0v) is 20.6. The topological polar surface area (TPSA) is 97.4 Å². The molecule has 0 spiro atoms. The maximum atomic E-state index is 13.0. The Kier molecular flexibility index (Phi) is 7.84. The SMILES string of the molecule is COc1ccc(NC(=O)C2CCC(NS(=O)(=O)C(C)(C)C)CC2)c(Sc2ccccc2)n1. The lowest BCUT2D eigenvalue weighted by atomic mass is 9.86. The van der Waals surface area contributed by atoms with Crippen molar-refractivity contribution >= 4 is 33.4 Å². The van der Waals surface area contributed by atoms with Crippen LogP contribution in [0.4, 0.5) is 5.69 Å². The normalized spacial score (nSPS) is 19.4. The fourth-order valence-corrected chi connectivity index (χ4v) is 5.32. The zero-order chi connectivity index (χ0) is 23.4. The quantitative estimate of drug-likeness (QED) is 0.611. The molecule has 0 unspecified atom stereocenters. The summed E-state index contributed by atoms with van der Waals surface area (Å²) >= 11 is 1.46. The molecular weight excluding hydrogens is 446 g/mol. The number of ether oxygens (including phenoxy) is 1. The number of amides is 1. The molecule has 1 aromatic heterocycles. The first-order valence-corrected chi connectivity index (χ1v) is 13.0. The van der Waals surface area contributed by atoms with E-state index in [0.29, 0.717) is 42.3 Å². The minimum absolute atomic E-state index is 0.0657. The number of rotatable bonds is 7. The van der Waals surface area contributed by atoms with Gasteiger partial charge in [-0.1, -0.05) is 30.0 Å². The number of methoxy groups -OCH3 is 1. The summed E-state index contributed by atoms with van der Waals surface area (Å²) in [7, 11) is -1.84. The number of aromatic nitrogens is 1. The van der Waals surface area contributed by atoms with Gasteiger partial charge in [0.25, 0.3) is 0 Å². The van der Waals surface area contributed by atoms with Crippen molar-refractivity contribution in [3.05, 3.63) is 42.5 Å². The second kappa shape index (κ2) is 10.2. The van der Waals surface area contributed by atoms with Gasteiger partial charge in [-0.15, -0.1) is 0 Å². The lowest BCUT2D eigenvalue weighted by Gasteiger charge is -2.30. The Bertz CT molecular complexity index is 1030. The smallest absolute Gasteiger partial charge is 0.227 e. The van der Waals surface area contributed by atoms with Gasteiger partial charge in [-0.05, 0) is 64.7 Å². The summed E-state index contributed by atoms with van der Waals surface area (Å²) in [6.07, 6.45) is 2.54. The van der Waals surface area contributed by atoms with E-state index in [0.717, 1.165) is 4.90 Å². The van der Waals surface area contributed by atoms with Crippen LogP contribution in [0.5, 0.6) is 5.88 Å². The van der Waals surface area contributed by atoms with Crippen molar-refractivity contribution < 1.29 is 17.9 Å². The van der Waals surface area contributed by atoms with Gasteiger partial charge in [0.2, 0.25) is 21.8 Å². The average Bonchev–Trinajstić information content (AvgIpc) is 2.75. The molecular formula is C23H31N3O4S2. The van der Waals surface area contributed by atoms with Crippen molar-refractivity contribution in [2.45, 2.75) is 67.2 Å². The summed E-state index contributed by atoms with van der Waals surface area (Å²) in [5, 5.41) is 3.69. The number of hydrogen-bond acceptors (Lipinski definition) is 6. The molecule has 0 bridgehead atoms. The minimum Gasteiger partial charge on any atom is -0.481 e. The minimum atomic E-state index is -3.40. The van der Waals surface area contributed by atoms with E-state index in [1.807, 2.05) is 30.3 Å². The first-order valence-electron chi connectivity index (χ1n) is 10.7. The zero-order valence-electron chi connectivity index (χ0n) is 18.9. The van der Waals surface area contributed by atoms with Gasteiger partial charge in [-0.2, -0.15) is 0 Å². The van der Waals surface area contributed by atoms with Crippen LogP contribution in [0, 0.1) is 5.92 Å². The van der Waals surface area contributed by atoms with Crippen molar-refractivity contribution in [1.29, 1.82) is 0 Å². The van der Waals surface area contributed by atoms with Crippen LogP contribution in [0.25, 0.3) is 0 Å². The molecule has 2 N–H and O–H groups in total. The Labute approximate surface area is 194 Å². The van der Waals surface area contributed by atoms with Crippen LogP contribution in [-0.4, -0.2) is 37.2 Å². The number of nitrogens with zero attached hydrogens (tertiary/aromatic N) is 1. The average molecular weight is 478 g/mol. The molecule has 0 aliphatic heterocycles. The van der Waals surface area contributed by atoms with Crippen LogP contribution in [0.1, 0.15) is 46.5 Å². The molecule has 3 rings (SSSR count). The third-order valence-corrected chi connectivity index (χ3v) is 8.75. The van der Waals surface area contributed by atoms with Gasteiger partial charge in [0.15, 0.2) is 0 Å². The molecule has 32 heavy (non-hydrogen) atoms. The lowest BCUT2D eigenvalue weighted by molar-refractivity contribution is -0.120. The molecule has 2 aromatic rings. The van der Waals surface area contributed by atoms with Crippen molar-refractivity contribution in [3.8, 4) is 5.88 Å². The molecule has 7 nitrogen and oxygen atoms in total. The van der Waals surface area contributed by atoms with Gasteiger partial charge in [-0.25, -0.2) is 18.1 Å². The van der Waals surface area contributed by atoms with Gasteiger partial charge in [-0.3, -0.25) is 4.79 Å². The summed E-state index contributed by atoms with van der Waals surface area (Å²) in [4.78, 5) is 18.5. The van der Waals surface area contributed by atoms with E-state index >= 15 is 0 Å². The van der Waals surface area contributed by atoms with E-state index < -0.39 is 14.8 Å². The summed E-state index contributed by atoms with van der Waals surface area (Å²) < 4.78 is 32.0. The summed E-state index contributed by atoms with van der Waals surface area (Å²) in [5.41, 5.74) is 0.639. The fraction of sp³-hybridized carbons (Fsp3) is 0.478. The molecule has 1 heterocycles. The van der Waals surface area contributed by atoms with E-state index in [1.165, 1.54) is 11.8 Å². The largest absolute Gasteiger partial charge is 0.481 e. The number of hydrogen-bond donors (Lipinski definition) is 2. The Morgan fingerprint density at radius 3 is 2.31 bits per heavy atom. The standard InChI is InChI=1S/C23H31N3O4S2/c1-23(2,3)32(28,29)26-17-12-10-16(11-13-17)21(27)24-19-14-15-20(30-4)25-22(19)31-18-8-6-5-7-9-18/h5-9,14-17,26H,10-13H2,1-4H3,(H,24,27). The van der Waals surface area contributed by atoms with E-state index in [2.05, 4.69) is 15.0 Å².